The van der Waals surface area contributed by atoms with Crippen LogP contribution in [-0.4, -0.2) is 51.7 Å². The minimum atomic E-state index is -0.557. The van der Waals surface area contributed by atoms with Gasteiger partial charge in [0, 0.05) is 37.3 Å². The first kappa shape index (κ1) is 24.7. The van der Waals surface area contributed by atoms with E-state index in [0.29, 0.717) is 42.3 Å². The van der Waals surface area contributed by atoms with E-state index in [1.807, 2.05) is 63.4 Å². The molecule has 2 aromatic carbocycles. The largest absolute Gasteiger partial charge is 0.439 e. The van der Waals surface area contributed by atoms with E-state index in [-0.39, 0.29) is 6.10 Å². The number of aliphatic hydroxyl groups is 1. The highest BCUT2D eigenvalue weighted by atomic mass is 35.5. The average Bonchev–Trinajstić information content (AvgIpc) is 3.58. The second-order valence-electron chi connectivity index (χ2n) is 9.35. The molecule has 0 amide bonds. The van der Waals surface area contributed by atoms with Gasteiger partial charge in [0.05, 0.1) is 24.4 Å². The summed E-state index contributed by atoms with van der Waals surface area (Å²) in [5.41, 5.74) is 2.93. The first-order chi connectivity index (χ1) is 16.4. The molecule has 0 aliphatic heterocycles. The molecule has 34 heavy (non-hydrogen) atoms. The highest BCUT2D eigenvalue weighted by Gasteiger charge is 2.28. The zero-order valence-corrected chi connectivity index (χ0v) is 20.9. The molecule has 1 aromatic heterocycles. The van der Waals surface area contributed by atoms with Crippen molar-refractivity contribution in [3.8, 4) is 22.9 Å². The molecule has 1 aliphatic rings. The van der Waals surface area contributed by atoms with Crippen molar-refractivity contribution < 1.29 is 14.6 Å². The molecule has 1 unspecified atom stereocenters. The van der Waals surface area contributed by atoms with Crippen LogP contribution in [0.1, 0.15) is 32.3 Å². The van der Waals surface area contributed by atoms with Crippen LogP contribution in [0, 0.1) is 5.92 Å². The fourth-order valence-corrected chi connectivity index (χ4v) is 4.14. The van der Waals surface area contributed by atoms with Crippen LogP contribution in [0.4, 0.5) is 0 Å². The molecular formula is C27H34ClN3O3. The van der Waals surface area contributed by atoms with Crippen molar-refractivity contribution in [3.63, 3.8) is 0 Å². The van der Waals surface area contributed by atoms with Crippen LogP contribution in [0.5, 0.6) is 11.6 Å². The summed E-state index contributed by atoms with van der Waals surface area (Å²) in [6, 6.07) is 17.5. The maximum atomic E-state index is 10.7. The van der Waals surface area contributed by atoms with Crippen molar-refractivity contribution in [2.75, 3.05) is 19.7 Å². The first-order valence-corrected chi connectivity index (χ1v) is 12.3. The Morgan fingerprint density at radius 3 is 2.47 bits per heavy atom. The summed E-state index contributed by atoms with van der Waals surface area (Å²) in [7, 11) is 1.90. The van der Waals surface area contributed by atoms with E-state index in [2.05, 4.69) is 17.0 Å². The summed E-state index contributed by atoms with van der Waals surface area (Å²) >= 11 is 6.06. The molecular weight excluding hydrogens is 450 g/mol. The van der Waals surface area contributed by atoms with Crippen molar-refractivity contribution in [1.82, 2.24) is 14.7 Å². The average molecular weight is 484 g/mol. The number of hydrogen-bond acceptors (Lipinski definition) is 5. The standard InChI is InChI=1S/C27H34ClN3O3/c1-19(2)33-18-23(32)16-31(15-20-9-10-20)17-25-26(21-7-5-4-6-8-21)29-30(3)27(25)34-24-13-11-22(28)12-14-24/h4-8,11-14,19-20,23,32H,9-10,15-18H2,1-3H3. The van der Waals surface area contributed by atoms with Gasteiger partial charge >= 0.3 is 0 Å². The number of hydrogen-bond donors (Lipinski definition) is 1. The van der Waals surface area contributed by atoms with Gasteiger partial charge in [-0.15, -0.1) is 0 Å². The monoisotopic (exact) mass is 483 g/mol. The maximum Gasteiger partial charge on any atom is 0.222 e. The lowest BCUT2D eigenvalue weighted by atomic mass is 10.1. The minimum Gasteiger partial charge on any atom is -0.439 e. The van der Waals surface area contributed by atoms with Gasteiger partial charge in [-0.2, -0.15) is 5.10 Å². The fourth-order valence-electron chi connectivity index (χ4n) is 4.01. The lowest BCUT2D eigenvalue weighted by molar-refractivity contribution is -0.0101. The summed E-state index contributed by atoms with van der Waals surface area (Å²) in [6.45, 7) is 6.38. The van der Waals surface area contributed by atoms with E-state index in [0.717, 1.165) is 23.4 Å². The minimum absolute atomic E-state index is 0.0916. The van der Waals surface area contributed by atoms with Gasteiger partial charge in [0.15, 0.2) is 0 Å². The van der Waals surface area contributed by atoms with Crippen molar-refractivity contribution in [3.05, 3.63) is 65.2 Å². The Morgan fingerprint density at radius 2 is 1.82 bits per heavy atom. The third-order valence-electron chi connectivity index (χ3n) is 5.85. The molecule has 0 radical (unpaired) electrons. The number of aryl methyl sites for hydroxylation is 1. The Morgan fingerprint density at radius 1 is 1.12 bits per heavy atom. The van der Waals surface area contributed by atoms with Crippen LogP contribution < -0.4 is 4.74 Å². The SMILES string of the molecule is CC(C)OCC(O)CN(Cc1c(-c2ccccc2)nn(C)c1Oc1ccc(Cl)cc1)CC1CC1. The van der Waals surface area contributed by atoms with Crippen LogP contribution in [0.3, 0.4) is 0 Å². The molecule has 1 fully saturated rings. The van der Waals surface area contributed by atoms with Crippen molar-refractivity contribution >= 4 is 11.6 Å². The van der Waals surface area contributed by atoms with Gasteiger partial charge in [-0.1, -0.05) is 41.9 Å². The van der Waals surface area contributed by atoms with Crippen molar-refractivity contribution in [1.29, 1.82) is 0 Å². The van der Waals surface area contributed by atoms with Gasteiger partial charge in [-0.3, -0.25) is 4.90 Å². The summed E-state index contributed by atoms with van der Waals surface area (Å²) in [4.78, 5) is 2.31. The lowest BCUT2D eigenvalue weighted by Gasteiger charge is -2.26. The molecule has 0 saturated heterocycles. The third-order valence-corrected chi connectivity index (χ3v) is 6.10. The topological polar surface area (TPSA) is 59.8 Å². The molecule has 0 spiro atoms. The first-order valence-electron chi connectivity index (χ1n) is 12.0. The quantitative estimate of drug-likeness (QED) is 0.367. The van der Waals surface area contributed by atoms with E-state index in [9.17, 15) is 5.11 Å². The van der Waals surface area contributed by atoms with E-state index in [1.54, 1.807) is 4.68 Å². The zero-order valence-electron chi connectivity index (χ0n) is 20.2. The number of halogens is 1. The Kier molecular flexibility index (Phi) is 8.27. The highest BCUT2D eigenvalue weighted by Crippen LogP contribution is 2.36. The Bertz CT molecular complexity index is 1050. The van der Waals surface area contributed by atoms with Crippen molar-refractivity contribution in [2.24, 2.45) is 13.0 Å². The maximum absolute atomic E-state index is 10.7. The van der Waals surface area contributed by atoms with E-state index in [4.69, 9.17) is 26.2 Å². The molecule has 7 heteroatoms. The predicted molar refractivity (Wildman–Crippen MR) is 135 cm³/mol. The number of aromatic nitrogens is 2. The third kappa shape index (κ3) is 6.83. The predicted octanol–water partition coefficient (Wildman–Crippen LogP) is 5.53. The van der Waals surface area contributed by atoms with Gasteiger partial charge < -0.3 is 14.6 Å². The van der Waals surface area contributed by atoms with Crippen molar-refractivity contribution in [2.45, 2.75) is 45.4 Å². The molecule has 1 heterocycles. The molecule has 6 nitrogen and oxygen atoms in total. The Balaban J connectivity index is 1.64. The van der Waals surface area contributed by atoms with E-state index < -0.39 is 6.10 Å². The van der Waals surface area contributed by atoms with Crippen LogP contribution in [0.2, 0.25) is 5.02 Å². The Labute approximate surface area is 207 Å². The number of nitrogens with zero attached hydrogens (tertiary/aromatic N) is 3. The van der Waals surface area contributed by atoms with Gasteiger partial charge in [0.1, 0.15) is 11.4 Å². The number of benzene rings is 2. The van der Waals surface area contributed by atoms with Gasteiger partial charge in [-0.25, -0.2) is 4.68 Å². The number of aliphatic hydroxyl groups excluding tert-OH is 1. The van der Waals surface area contributed by atoms with Crippen LogP contribution in [0.15, 0.2) is 54.6 Å². The smallest absolute Gasteiger partial charge is 0.222 e. The summed E-state index contributed by atoms with van der Waals surface area (Å²) < 4.78 is 13.8. The summed E-state index contributed by atoms with van der Waals surface area (Å²) in [5, 5.41) is 16.2. The Hall–Kier alpha value is -2.38. The lowest BCUT2D eigenvalue weighted by Crippen LogP contribution is -2.36. The molecule has 4 rings (SSSR count). The number of rotatable bonds is 12. The summed E-state index contributed by atoms with van der Waals surface area (Å²) in [5.74, 6) is 2.07. The molecule has 182 valence electrons. The second-order valence-corrected chi connectivity index (χ2v) is 9.79. The van der Waals surface area contributed by atoms with Crippen LogP contribution >= 0.6 is 11.6 Å². The van der Waals surface area contributed by atoms with E-state index >= 15 is 0 Å². The van der Waals surface area contributed by atoms with E-state index in [1.165, 1.54) is 12.8 Å². The second kappa shape index (κ2) is 11.4. The fraction of sp³-hybridized carbons (Fsp3) is 0.444. The molecule has 1 saturated carbocycles. The highest BCUT2D eigenvalue weighted by molar-refractivity contribution is 6.30. The van der Waals surface area contributed by atoms with Gasteiger partial charge in [0.2, 0.25) is 5.88 Å². The van der Waals surface area contributed by atoms with Gasteiger partial charge in [0.25, 0.3) is 0 Å². The number of ether oxygens (including phenoxy) is 2. The van der Waals surface area contributed by atoms with Gasteiger partial charge in [-0.05, 0) is 56.9 Å². The zero-order chi connectivity index (χ0) is 24.1. The van der Waals surface area contributed by atoms with Crippen LogP contribution in [0.25, 0.3) is 11.3 Å². The van der Waals surface area contributed by atoms with Crippen LogP contribution in [-0.2, 0) is 18.3 Å². The molecule has 1 N–H and O–H groups in total. The molecule has 1 atom stereocenters. The molecule has 0 bridgehead atoms. The molecule has 1 aliphatic carbocycles. The summed E-state index contributed by atoms with van der Waals surface area (Å²) in [6.07, 6.45) is 2.01. The molecule has 3 aromatic rings. The normalized spacial score (nSPS) is 14.7.